The number of ether oxygens (including phenoxy) is 1. The number of esters is 1. The van der Waals surface area contributed by atoms with Crippen LogP contribution in [0.25, 0.3) is 0 Å². The van der Waals surface area contributed by atoms with Crippen molar-refractivity contribution in [1.29, 1.82) is 0 Å². The van der Waals surface area contributed by atoms with Crippen molar-refractivity contribution < 1.29 is 19.5 Å². The zero-order chi connectivity index (χ0) is 15.0. The summed E-state index contributed by atoms with van der Waals surface area (Å²) in [6.07, 6.45) is 1.04. The molecule has 0 saturated heterocycles. The van der Waals surface area contributed by atoms with E-state index in [0.717, 1.165) is 5.56 Å². The molecule has 5 nitrogen and oxygen atoms in total. The quantitative estimate of drug-likeness (QED) is 0.455. The summed E-state index contributed by atoms with van der Waals surface area (Å²) in [5.74, 6) is -0.192. The fraction of sp³-hybridized carbons (Fsp3) is 0.400. The molecule has 0 saturated carbocycles. The number of nitrogens with one attached hydrogen (secondary N) is 1. The average Bonchev–Trinajstić information content (AvgIpc) is 2.47. The highest BCUT2D eigenvalue weighted by molar-refractivity contribution is 5.89. The predicted octanol–water partition coefficient (Wildman–Crippen LogP) is 2.31. The van der Waals surface area contributed by atoms with Gasteiger partial charge in [-0.05, 0) is 31.0 Å². The van der Waals surface area contributed by atoms with Crippen LogP contribution < -0.4 is 5.48 Å². The molecular formula is C15H21NO4. The maximum atomic E-state index is 11.9. The van der Waals surface area contributed by atoms with E-state index in [1.165, 1.54) is 7.11 Å². The van der Waals surface area contributed by atoms with Crippen molar-refractivity contribution in [3.05, 3.63) is 41.1 Å². The van der Waals surface area contributed by atoms with E-state index in [4.69, 9.17) is 9.57 Å². The van der Waals surface area contributed by atoms with Gasteiger partial charge in [0.05, 0.1) is 19.3 Å². The van der Waals surface area contributed by atoms with Gasteiger partial charge in [0, 0.05) is 12.1 Å². The topological polar surface area (TPSA) is 67.8 Å². The van der Waals surface area contributed by atoms with Crippen LogP contribution >= 0.6 is 0 Å². The van der Waals surface area contributed by atoms with Crippen molar-refractivity contribution in [2.75, 3.05) is 13.7 Å². The number of phenolic OH excluding ortho intramolecular Hbond substituents is 1. The smallest absolute Gasteiger partial charge is 0.335 e. The Morgan fingerprint density at radius 1 is 1.25 bits per heavy atom. The van der Waals surface area contributed by atoms with Crippen LogP contribution in [0.5, 0.6) is 5.75 Å². The maximum Gasteiger partial charge on any atom is 0.335 e. The SMILES string of the molecule is CCONC(CC)=C(Cc1ccc(O)cc1)C(=O)OC. The van der Waals surface area contributed by atoms with Crippen LogP contribution in [0.1, 0.15) is 25.8 Å². The van der Waals surface area contributed by atoms with Gasteiger partial charge in [0.15, 0.2) is 0 Å². The van der Waals surface area contributed by atoms with E-state index >= 15 is 0 Å². The van der Waals surface area contributed by atoms with E-state index < -0.39 is 0 Å². The molecule has 5 heteroatoms. The van der Waals surface area contributed by atoms with Crippen molar-refractivity contribution in [2.45, 2.75) is 26.7 Å². The molecule has 0 aromatic heterocycles. The molecule has 0 amide bonds. The van der Waals surface area contributed by atoms with Gasteiger partial charge in [-0.15, -0.1) is 0 Å². The Morgan fingerprint density at radius 2 is 1.90 bits per heavy atom. The second-order valence-corrected chi connectivity index (χ2v) is 4.18. The van der Waals surface area contributed by atoms with Gasteiger partial charge in [0.25, 0.3) is 0 Å². The van der Waals surface area contributed by atoms with Crippen LogP contribution in [-0.4, -0.2) is 24.8 Å². The fourth-order valence-corrected chi connectivity index (χ4v) is 1.75. The number of carbonyl (C=O) groups excluding carboxylic acids is 1. The highest BCUT2D eigenvalue weighted by Gasteiger charge is 2.16. The van der Waals surface area contributed by atoms with Gasteiger partial charge in [-0.1, -0.05) is 19.1 Å². The van der Waals surface area contributed by atoms with Crippen molar-refractivity contribution in [1.82, 2.24) is 5.48 Å². The van der Waals surface area contributed by atoms with Crippen molar-refractivity contribution >= 4 is 5.97 Å². The zero-order valence-corrected chi connectivity index (χ0v) is 12.1. The third-order valence-corrected chi connectivity index (χ3v) is 2.81. The predicted molar refractivity (Wildman–Crippen MR) is 75.9 cm³/mol. The Morgan fingerprint density at radius 3 is 2.40 bits per heavy atom. The minimum Gasteiger partial charge on any atom is -0.508 e. The summed E-state index contributed by atoms with van der Waals surface area (Å²) in [6, 6.07) is 6.72. The molecule has 1 aromatic carbocycles. The van der Waals surface area contributed by atoms with Gasteiger partial charge in [0.2, 0.25) is 0 Å². The highest BCUT2D eigenvalue weighted by atomic mass is 16.6. The molecule has 0 atom stereocenters. The summed E-state index contributed by atoms with van der Waals surface area (Å²) in [5.41, 5.74) is 4.93. The van der Waals surface area contributed by atoms with E-state index in [1.807, 2.05) is 13.8 Å². The molecule has 1 aromatic rings. The van der Waals surface area contributed by atoms with Crippen LogP contribution in [0.2, 0.25) is 0 Å². The maximum absolute atomic E-state index is 11.9. The number of benzene rings is 1. The second-order valence-electron chi connectivity index (χ2n) is 4.18. The van der Waals surface area contributed by atoms with Crippen molar-refractivity contribution in [3.63, 3.8) is 0 Å². The summed E-state index contributed by atoms with van der Waals surface area (Å²) in [5, 5.41) is 9.28. The molecule has 0 bridgehead atoms. The van der Waals surface area contributed by atoms with E-state index in [0.29, 0.717) is 30.7 Å². The molecule has 0 aliphatic rings. The Kier molecular flexibility index (Phi) is 6.59. The third kappa shape index (κ3) is 4.59. The summed E-state index contributed by atoms with van der Waals surface area (Å²) >= 11 is 0. The lowest BCUT2D eigenvalue weighted by Crippen LogP contribution is -2.20. The van der Waals surface area contributed by atoms with Crippen molar-refractivity contribution in [3.8, 4) is 5.75 Å². The molecular weight excluding hydrogens is 258 g/mol. The number of phenols is 1. The monoisotopic (exact) mass is 279 g/mol. The standard InChI is InChI=1S/C15H21NO4/c1-4-14(16-20-5-2)13(15(18)19-3)10-11-6-8-12(17)9-7-11/h6-9,16-17H,4-5,10H2,1-3H3. The molecule has 0 unspecified atom stereocenters. The van der Waals surface area contributed by atoms with E-state index in [2.05, 4.69) is 5.48 Å². The highest BCUT2D eigenvalue weighted by Crippen LogP contribution is 2.17. The molecule has 0 aliphatic carbocycles. The van der Waals surface area contributed by atoms with Crippen LogP contribution in [-0.2, 0) is 20.8 Å². The molecule has 20 heavy (non-hydrogen) atoms. The minimum atomic E-state index is -0.387. The Labute approximate surface area is 119 Å². The zero-order valence-electron chi connectivity index (χ0n) is 12.1. The van der Waals surface area contributed by atoms with Gasteiger partial charge >= 0.3 is 5.97 Å². The number of rotatable bonds is 7. The third-order valence-electron chi connectivity index (χ3n) is 2.81. The number of aromatic hydroxyl groups is 1. The van der Waals surface area contributed by atoms with Gasteiger partial charge in [0.1, 0.15) is 5.75 Å². The van der Waals surface area contributed by atoms with Gasteiger partial charge in [-0.2, -0.15) is 0 Å². The number of hydrogen-bond donors (Lipinski definition) is 2. The lowest BCUT2D eigenvalue weighted by atomic mass is 10.0. The number of hydroxylamine groups is 1. The summed E-state index contributed by atoms with van der Waals surface area (Å²) in [7, 11) is 1.35. The van der Waals surface area contributed by atoms with Gasteiger partial charge < -0.3 is 9.84 Å². The van der Waals surface area contributed by atoms with E-state index in [1.54, 1.807) is 24.3 Å². The molecule has 0 fully saturated rings. The summed E-state index contributed by atoms with van der Waals surface area (Å²) in [6.45, 7) is 4.29. The lowest BCUT2D eigenvalue weighted by Gasteiger charge is -2.14. The van der Waals surface area contributed by atoms with Crippen LogP contribution in [0.4, 0.5) is 0 Å². The number of hydrogen-bond acceptors (Lipinski definition) is 5. The number of methoxy groups -OCH3 is 1. The van der Waals surface area contributed by atoms with Crippen LogP contribution in [0.3, 0.4) is 0 Å². The second kappa shape index (κ2) is 8.22. The Balaban J connectivity index is 3.01. The Hall–Kier alpha value is -2.01. The first-order chi connectivity index (χ1) is 9.62. The minimum absolute atomic E-state index is 0.195. The molecule has 0 aliphatic heterocycles. The molecule has 110 valence electrons. The molecule has 2 N–H and O–H groups in total. The van der Waals surface area contributed by atoms with Crippen molar-refractivity contribution in [2.24, 2.45) is 0 Å². The largest absolute Gasteiger partial charge is 0.508 e. The van der Waals surface area contributed by atoms with Gasteiger partial charge in [-0.25, -0.2) is 4.79 Å². The number of carbonyl (C=O) groups is 1. The normalized spacial score (nSPS) is 11.8. The molecule has 0 heterocycles. The van der Waals surface area contributed by atoms with Crippen LogP contribution in [0.15, 0.2) is 35.5 Å². The van der Waals surface area contributed by atoms with Crippen LogP contribution in [0, 0.1) is 0 Å². The first kappa shape index (κ1) is 16.0. The lowest BCUT2D eigenvalue weighted by molar-refractivity contribution is -0.136. The summed E-state index contributed by atoms with van der Waals surface area (Å²) < 4.78 is 4.83. The van der Waals surface area contributed by atoms with E-state index in [9.17, 15) is 9.90 Å². The Bertz CT molecular complexity index is 465. The summed E-state index contributed by atoms with van der Waals surface area (Å²) in [4.78, 5) is 17.1. The molecule has 0 radical (unpaired) electrons. The van der Waals surface area contributed by atoms with E-state index in [-0.39, 0.29) is 11.7 Å². The van der Waals surface area contributed by atoms with Gasteiger partial charge in [-0.3, -0.25) is 10.3 Å². The number of allylic oxidation sites excluding steroid dienone is 1. The molecule has 1 rings (SSSR count). The molecule has 0 spiro atoms. The average molecular weight is 279 g/mol. The fourth-order valence-electron chi connectivity index (χ4n) is 1.75. The first-order valence-electron chi connectivity index (χ1n) is 6.58. The first-order valence-corrected chi connectivity index (χ1v) is 6.58.